The molecule has 0 bridgehead atoms. The van der Waals surface area contributed by atoms with E-state index in [1.807, 2.05) is 0 Å². The summed E-state index contributed by atoms with van der Waals surface area (Å²) in [5.74, 6) is -1.94. The Kier molecular flexibility index (Phi) is 5.74. The average Bonchev–Trinajstić information content (AvgIpc) is 2.64. The van der Waals surface area contributed by atoms with E-state index in [-0.39, 0.29) is 10.6 Å². The Labute approximate surface area is 163 Å². The second-order valence-corrected chi connectivity index (χ2v) is 10.4. The first-order valence-electron chi connectivity index (χ1n) is 8.68. The van der Waals surface area contributed by atoms with Gasteiger partial charge in [0.15, 0.2) is 11.6 Å². The number of nitrogens with zero attached hydrogens (tertiary/aromatic N) is 1. The summed E-state index contributed by atoms with van der Waals surface area (Å²) in [7, 11) is -7.79. The lowest BCUT2D eigenvalue weighted by molar-refractivity contribution is 0.288. The standard InChI is InChI=1S/C18H20F2N2O4S2/c1-13-8-10-22(11-9-13)28(25,26)15-4-2-14(3-5-15)21-27(23,24)16-6-7-17(19)18(20)12-16/h2-7,12-13,21H,8-11H2,1H3. The predicted octanol–water partition coefficient (Wildman–Crippen LogP) is 3.19. The number of benzene rings is 2. The Morgan fingerprint density at radius 2 is 1.46 bits per heavy atom. The van der Waals surface area contributed by atoms with Gasteiger partial charge in [-0.25, -0.2) is 25.6 Å². The molecule has 0 spiro atoms. The third-order valence-corrected chi connectivity index (χ3v) is 7.98. The van der Waals surface area contributed by atoms with Crippen LogP contribution in [0.2, 0.25) is 0 Å². The van der Waals surface area contributed by atoms with Gasteiger partial charge in [-0.2, -0.15) is 4.31 Å². The molecule has 0 aliphatic carbocycles. The van der Waals surface area contributed by atoms with Gasteiger partial charge in [-0.3, -0.25) is 4.72 Å². The average molecular weight is 430 g/mol. The Hall–Kier alpha value is -2.04. The van der Waals surface area contributed by atoms with E-state index in [0.717, 1.165) is 25.0 Å². The van der Waals surface area contributed by atoms with Gasteiger partial charge in [-0.15, -0.1) is 0 Å². The van der Waals surface area contributed by atoms with Gasteiger partial charge >= 0.3 is 0 Å². The molecule has 152 valence electrons. The second kappa shape index (κ2) is 7.76. The van der Waals surface area contributed by atoms with E-state index in [0.29, 0.717) is 25.1 Å². The summed E-state index contributed by atoms with van der Waals surface area (Å²) < 4.78 is 79.9. The maximum atomic E-state index is 13.3. The maximum absolute atomic E-state index is 13.3. The summed E-state index contributed by atoms with van der Waals surface area (Å²) >= 11 is 0. The van der Waals surface area contributed by atoms with Crippen LogP contribution in [-0.2, 0) is 20.0 Å². The first-order valence-corrected chi connectivity index (χ1v) is 11.6. The minimum absolute atomic E-state index is 0.0674. The van der Waals surface area contributed by atoms with Crippen molar-refractivity contribution in [3.05, 3.63) is 54.1 Å². The summed E-state index contributed by atoms with van der Waals surface area (Å²) in [5.41, 5.74) is 0.107. The highest BCUT2D eigenvalue weighted by Gasteiger charge is 2.28. The van der Waals surface area contributed by atoms with E-state index >= 15 is 0 Å². The molecule has 0 unspecified atom stereocenters. The van der Waals surface area contributed by atoms with E-state index in [1.165, 1.54) is 28.6 Å². The van der Waals surface area contributed by atoms with Gasteiger partial charge in [0.2, 0.25) is 10.0 Å². The number of piperidine rings is 1. The van der Waals surface area contributed by atoms with Crippen LogP contribution in [-0.4, -0.2) is 34.2 Å². The molecule has 6 nitrogen and oxygen atoms in total. The first kappa shape index (κ1) is 20.7. The third-order valence-electron chi connectivity index (χ3n) is 4.69. The summed E-state index contributed by atoms with van der Waals surface area (Å²) in [6.07, 6.45) is 1.59. The van der Waals surface area contributed by atoms with Crippen LogP contribution in [0.3, 0.4) is 0 Å². The predicted molar refractivity (Wildman–Crippen MR) is 101 cm³/mol. The summed E-state index contributed by atoms with van der Waals surface area (Å²) in [6.45, 7) is 2.99. The Balaban J connectivity index is 1.78. The Morgan fingerprint density at radius 1 is 0.893 bits per heavy atom. The van der Waals surface area contributed by atoms with E-state index in [2.05, 4.69) is 11.6 Å². The molecule has 1 saturated heterocycles. The molecule has 0 radical (unpaired) electrons. The van der Waals surface area contributed by atoms with Gasteiger partial charge in [-0.05, 0) is 61.2 Å². The zero-order valence-corrected chi connectivity index (χ0v) is 16.7. The number of rotatable bonds is 5. The molecule has 28 heavy (non-hydrogen) atoms. The van der Waals surface area contributed by atoms with Crippen LogP contribution in [0.1, 0.15) is 19.8 Å². The van der Waals surface area contributed by atoms with Crippen LogP contribution in [0.15, 0.2) is 52.3 Å². The molecule has 2 aromatic carbocycles. The quantitative estimate of drug-likeness (QED) is 0.790. The van der Waals surface area contributed by atoms with Crippen molar-refractivity contribution in [3.63, 3.8) is 0 Å². The minimum atomic E-state index is -4.14. The molecule has 1 N–H and O–H groups in total. The number of hydrogen-bond acceptors (Lipinski definition) is 4. The molecule has 1 aliphatic rings. The molecule has 10 heteroatoms. The highest BCUT2D eigenvalue weighted by molar-refractivity contribution is 7.92. The highest BCUT2D eigenvalue weighted by Crippen LogP contribution is 2.25. The second-order valence-electron chi connectivity index (χ2n) is 6.79. The SMILES string of the molecule is CC1CCN(S(=O)(=O)c2ccc(NS(=O)(=O)c3ccc(F)c(F)c3)cc2)CC1. The lowest BCUT2D eigenvalue weighted by atomic mass is 10.0. The van der Waals surface area contributed by atoms with Crippen LogP contribution < -0.4 is 4.72 Å². The van der Waals surface area contributed by atoms with Crippen molar-refractivity contribution >= 4 is 25.7 Å². The molecule has 0 atom stereocenters. The molecule has 0 amide bonds. The van der Waals surface area contributed by atoms with Crippen LogP contribution in [0.5, 0.6) is 0 Å². The van der Waals surface area contributed by atoms with Gasteiger partial charge in [0.25, 0.3) is 10.0 Å². The third kappa shape index (κ3) is 4.34. The fourth-order valence-corrected chi connectivity index (χ4v) is 5.47. The summed E-state index contributed by atoms with van der Waals surface area (Å²) in [4.78, 5) is -0.372. The fraction of sp³-hybridized carbons (Fsp3) is 0.333. The van der Waals surface area contributed by atoms with Gasteiger partial charge in [-0.1, -0.05) is 6.92 Å². The Morgan fingerprint density at radius 3 is 2.04 bits per heavy atom. The summed E-state index contributed by atoms with van der Waals surface area (Å²) in [6, 6.07) is 7.50. The topological polar surface area (TPSA) is 83.6 Å². The zero-order valence-electron chi connectivity index (χ0n) is 15.1. The van der Waals surface area contributed by atoms with Crippen molar-refractivity contribution in [2.75, 3.05) is 17.8 Å². The van der Waals surface area contributed by atoms with Gasteiger partial charge in [0.05, 0.1) is 9.79 Å². The molecular weight excluding hydrogens is 410 g/mol. The van der Waals surface area contributed by atoms with Crippen molar-refractivity contribution in [1.82, 2.24) is 4.31 Å². The van der Waals surface area contributed by atoms with Crippen molar-refractivity contribution in [2.45, 2.75) is 29.6 Å². The zero-order chi connectivity index (χ0) is 20.5. The van der Waals surface area contributed by atoms with E-state index in [9.17, 15) is 25.6 Å². The van der Waals surface area contributed by atoms with Crippen molar-refractivity contribution in [2.24, 2.45) is 5.92 Å². The van der Waals surface area contributed by atoms with E-state index in [1.54, 1.807) is 0 Å². The molecule has 2 aromatic rings. The Bertz CT molecular complexity index is 1060. The van der Waals surface area contributed by atoms with Crippen molar-refractivity contribution in [1.29, 1.82) is 0 Å². The van der Waals surface area contributed by atoms with Crippen LogP contribution in [0.25, 0.3) is 0 Å². The smallest absolute Gasteiger partial charge is 0.261 e. The van der Waals surface area contributed by atoms with Crippen molar-refractivity contribution < 1.29 is 25.6 Å². The molecule has 3 rings (SSSR count). The molecule has 1 fully saturated rings. The molecule has 1 heterocycles. The lowest BCUT2D eigenvalue weighted by Gasteiger charge is -2.29. The molecular formula is C18H20F2N2O4S2. The number of sulfonamides is 2. The number of hydrogen-bond donors (Lipinski definition) is 1. The normalized spacial score (nSPS) is 16.8. The molecule has 0 aromatic heterocycles. The van der Waals surface area contributed by atoms with Gasteiger partial charge in [0.1, 0.15) is 0 Å². The van der Waals surface area contributed by atoms with Gasteiger partial charge in [0, 0.05) is 18.8 Å². The van der Waals surface area contributed by atoms with Crippen LogP contribution in [0.4, 0.5) is 14.5 Å². The largest absolute Gasteiger partial charge is 0.280 e. The number of halogens is 2. The van der Waals surface area contributed by atoms with E-state index in [4.69, 9.17) is 0 Å². The monoisotopic (exact) mass is 430 g/mol. The van der Waals surface area contributed by atoms with Crippen LogP contribution >= 0.6 is 0 Å². The number of nitrogens with one attached hydrogen (secondary N) is 1. The lowest BCUT2D eigenvalue weighted by Crippen LogP contribution is -2.37. The maximum Gasteiger partial charge on any atom is 0.261 e. The highest BCUT2D eigenvalue weighted by atomic mass is 32.2. The molecule has 0 saturated carbocycles. The van der Waals surface area contributed by atoms with E-state index < -0.39 is 36.6 Å². The molecule has 1 aliphatic heterocycles. The van der Waals surface area contributed by atoms with Crippen molar-refractivity contribution in [3.8, 4) is 0 Å². The van der Waals surface area contributed by atoms with Crippen LogP contribution in [0, 0.1) is 17.6 Å². The minimum Gasteiger partial charge on any atom is -0.280 e. The number of anilines is 1. The fourth-order valence-electron chi connectivity index (χ4n) is 2.93. The van der Waals surface area contributed by atoms with Gasteiger partial charge < -0.3 is 0 Å². The summed E-state index contributed by atoms with van der Waals surface area (Å²) in [5, 5.41) is 0. The first-order chi connectivity index (χ1) is 13.1.